The number of rotatable bonds is 7. The number of halogens is 3. The van der Waals surface area contributed by atoms with Crippen LogP contribution in [0.25, 0.3) is 0 Å². The second kappa shape index (κ2) is 9.46. The minimum Gasteiger partial charge on any atom is -0.480 e. The molecule has 4 atom stereocenters. The highest BCUT2D eigenvalue weighted by Crippen LogP contribution is 2.50. The van der Waals surface area contributed by atoms with Crippen molar-refractivity contribution in [2.45, 2.75) is 50.9 Å². The molecule has 0 aliphatic carbocycles. The maximum atomic E-state index is 13.6. The van der Waals surface area contributed by atoms with E-state index in [4.69, 9.17) is 4.74 Å². The van der Waals surface area contributed by atoms with Crippen LogP contribution in [-0.4, -0.2) is 51.8 Å². The first-order valence-corrected chi connectivity index (χ1v) is 11.6. The third-order valence-electron chi connectivity index (χ3n) is 6.60. The normalized spacial score (nSPS) is 25.9. The van der Waals surface area contributed by atoms with Gasteiger partial charge < -0.3 is 14.6 Å². The van der Waals surface area contributed by atoms with Crippen LogP contribution >= 0.6 is 0 Å². The van der Waals surface area contributed by atoms with Gasteiger partial charge in [0.1, 0.15) is 5.75 Å². The molecule has 2 fully saturated rings. The van der Waals surface area contributed by atoms with Crippen LogP contribution in [0.4, 0.5) is 13.2 Å². The molecular formula is C26H27F3N2O6. The van der Waals surface area contributed by atoms with Gasteiger partial charge in [-0.2, -0.15) is 0 Å². The molecule has 4 unspecified atom stereocenters. The Labute approximate surface area is 211 Å². The van der Waals surface area contributed by atoms with Gasteiger partial charge in [-0.05, 0) is 44.0 Å². The zero-order valence-corrected chi connectivity index (χ0v) is 20.4. The second-order valence-corrected chi connectivity index (χ2v) is 10.2. The number of hydrogen-bond donors (Lipinski definition) is 2. The third-order valence-corrected chi connectivity index (χ3v) is 6.60. The molecule has 2 aliphatic rings. The number of carboxylic acid groups (broad SMARTS) is 1. The van der Waals surface area contributed by atoms with Crippen molar-refractivity contribution in [1.82, 2.24) is 10.2 Å². The van der Waals surface area contributed by atoms with Crippen molar-refractivity contribution >= 4 is 17.8 Å². The highest BCUT2D eigenvalue weighted by molar-refractivity contribution is 6.10. The summed E-state index contributed by atoms with van der Waals surface area (Å²) in [4.78, 5) is 41.0. The van der Waals surface area contributed by atoms with Crippen molar-refractivity contribution in [3.8, 4) is 5.75 Å². The predicted octanol–water partition coefficient (Wildman–Crippen LogP) is 3.67. The average molecular weight is 521 g/mol. The monoisotopic (exact) mass is 520 g/mol. The number of fused-ring (bicyclic) bond motifs is 1. The molecule has 0 radical (unpaired) electrons. The quantitative estimate of drug-likeness (QED) is 0.537. The third kappa shape index (κ3) is 5.05. The molecule has 2 aromatic carbocycles. The molecule has 2 aromatic rings. The van der Waals surface area contributed by atoms with Crippen LogP contribution < -0.4 is 10.1 Å². The molecule has 37 heavy (non-hydrogen) atoms. The van der Waals surface area contributed by atoms with Gasteiger partial charge >= 0.3 is 12.3 Å². The number of nitrogens with zero attached hydrogens (tertiary/aromatic N) is 1. The lowest BCUT2D eigenvalue weighted by Crippen LogP contribution is -2.60. The lowest BCUT2D eigenvalue weighted by atomic mass is 9.79. The number of hydrogen-bond acceptors (Lipinski definition) is 6. The molecule has 2 saturated heterocycles. The molecule has 2 heterocycles. The summed E-state index contributed by atoms with van der Waals surface area (Å²) in [5, 5.41) is 13.3. The summed E-state index contributed by atoms with van der Waals surface area (Å²) in [6.07, 6.45) is -4.94. The van der Waals surface area contributed by atoms with Gasteiger partial charge in [-0.3, -0.25) is 24.6 Å². The van der Waals surface area contributed by atoms with E-state index in [9.17, 15) is 32.7 Å². The van der Waals surface area contributed by atoms with Crippen LogP contribution in [-0.2, 0) is 25.7 Å². The number of imide groups is 1. The van der Waals surface area contributed by atoms with Gasteiger partial charge in [0.25, 0.3) is 0 Å². The van der Waals surface area contributed by atoms with E-state index < -0.39 is 65.5 Å². The number of benzene rings is 2. The molecule has 4 rings (SSSR count). The van der Waals surface area contributed by atoms with Gasteiger partial charge in [0.15, 0.2) is 5.54 Å². The van der Waals surface area contributed by atoms with Crippen LogP contribution in [0.2, 0.25) is 0 Å². The summed E-state index contributed by atoms with van der Waals surface area (Å²) in [6.45, 7) is 4.56. The van der Waals surface area contributed by atoms with E-state index in [0.29, 0.717) is 0 Å². The van der Waals surface area contributed by atoms with Gasteiger partial charge in [0.2, 0.25) is 11.8 Å². The molecular weight excluding hydrogens is 493 g/mol. The van der Waals surface area contributed by atoms with Crippen molar-refractivity contribution in [2.24, 2.45) is 11.8 Å². The van der Waals surface area contributed by atoms with E-state index in [1.165, 1.54) is 12.1 Å². The number of nitrogens with one attached hydrogen (secondary N) is 1. The largest absolute Gasteiger partial charge is 0.573 e. The topological polar surface area (TPSA) is 105 Å². The van der Waals surface area contributed by atoms with Gasteiger partial charge in [0, 0.05) is 11.6 Å². The fourth-order valence-electron chi connectivity index (χ4n) is 5.15. The molecule has 8 nitrogen and oxygen atoms in total. The van der Waals surface area contributed by atoms with Crippen molar-refractivity contribution in [1.29, 1.82) is 0 Å². The second-order valence-electron chi connectivity index (χ2n) is 10.2. The number of carbonyl (C=O) groups excluding carboxylic acids is 2. The summed E-state index contributed by atoms with van der Waals surface area (Å²) in [5.74, 6) is -5.73. The standard InChI is InChI=1S/C26H27F3N2O6/c1-24(2,3)31-21(32)18-19(22(31)33)25(23(34)35,14-36-13-15-8-5-4-6-9-15)30-20(18)16-10-7-11-17(12-16)37-26(27,28)29/h4-12,18-20,30H,13-14H2,1-3H3,(H,34,35). The summed E-state index contributed by atoms with van der Waals surface area (Å²) >= 11 is 0. The fourth-order valence-corrected chi connectivity index (χ4v) is 5.15. The van der Waals surface area contributed by atoms with E-state index in [2.05, 4.69) is 10.1 Å². The van der Waals surface area contributed by atoms with E-state index in [1.54, 1.807) is 45.0 Å². The Morgan fingerprint density at radius 1 is 1.05 bits per heavy atom. The Balaban J connectivity index is 1.74. The zero-order chi connectivity index (χ0) is 27.2. The van der Waals surface area contributed by atoms with E-state index in [0.717, 1.165) is 22.6 Å². The van der Waals surface area contributed by atoms with Gasteiger partial charge in [-0.15, -0.1) is 13.2 Å². The van der Waals surface area contributed by atoms with Crippen LogP contribution in [0.3, 0.4) is 0 Å². The highest BCUT2D eigenvalue weighted by Gasteiger charge is 2.69. The molecule has 2 N–H and O–H groups in total. The predicted molar refractivity (Wildman–Crippen MR) is 124 cm³/mol. The lowest BCUT2D eigenvalue weighted by Gasteiger charge is -2.35. The first-order chi connectivity index (χ1) is 17.2. The van der Waals surface area contributed by atoms with Crippen molar-refractivity contribution in [3.63, 3.8) is 0 Å². The smallest absolute Gasteiger partial charge is 0.480 e. The number of ether oxygens (including phenoxy) is 2. The maximum absolute atomic E-state index is 13.6. The van der Waals surface area contributed by atoms with Gasteiger partial charge in [-0.25, -0.2) is 0 Å². The van der Waals surface area contributed by atoms with Gasteiger partial charge in [-0.1, -0.05) is 42.5 Å². The zero-order valence-electron chi connectivity index (χ0n) is 20.4. The molecule has 2 amide bonds. The minimum atomic E-state index is -4.94. The molecule has 198 valence electrons. The Morgan fingerprint density at radius 2 is 1.73 bits per heavy atom. The van der Waals surface area contributed by atoms with Crippen LogP contribution in [0.1, 0.15) is 37.9 Å². The minimum absolute atomic E-state index is 0.0552. The Morgan fingerprint density at radius 3 is 2.32 bits per heavy atom. The lowest BCUT2D eigenvalue weighted by molar-refractivity contribution is -0.274. The Hall–Kier alpha value is -3.44. The summed E-state index contributed by atoms with van der Waals surface area (Å²) < 4.78 is 48.3. The highest BCUT2D eigenvalue weighted by atomic mass is 19.4. The number of alkyl halides is 3. The maximum Gasteiger partial charge on any atom is 0.573 e. The van der Waals surface area contributed by atoms with E-state index in [-0.39, 0.29) is 12.2 Å². The Bertz CT molecular complexity index is 1200. The molecule has 0 spiro atoms. The summed E-state index contributed by atoms with van der Waals surface area (Å²) in [5.41, 5.74) is -1.99. The molecule has 11 heteroatoms. The van der Waals surface area contributed by atoms with E-state index >= 15 is 0 Å². The number of likely N-dealkylation sites (tertiary alicyclic amines) is 1. The molecule has 0 bridgehead atoms. The van der Waals surface area contributed by atoms with Crippen LogP contribution in [0.15, 0.2) is 54.6 Å². The average Bonchev–Trinajstić information content (AvgIpc) is 3.28. The number of carboxylic acids is 1. The summed E-state index contributed by atoms with van der Waals surface area (Å²) in [6, 6.07) is 12.9. The number of carbonyl (C=O) groups is 3. The first kappa shape index (κ1) is 26.6. The molecule has 0 saturated carbocycles. The SMILES string of the molecule is CC(C)(C)N1C(=O)C2C(c3cccc(OC(F)(F)F)c3)NC(COCc3ccccc3)(C(=O)O)C2C1=O. The van der Waals surface area contributed by atoms with Gasteiger partial charge in [0.05, 0.1) is 25.0 Å². The Kier molecular flexibility index (Phi) is 6.80. The summed E-state index contributed by atoms with van der Waals surface area (Å²) in [7, 11) is 0. The van der Waals surface area contributed by atoms with Crippen molar-refractivity contribution in [2.75, 3.05) is 6.61 Å². The number of aliphatic carboxylic acids is 1. The van der Waals surface area contributed by atoms with E-state index in [1.807, 2.05) is 6.07 Å². The molecule has 2 aliphatic heterocycles. The fraction of sp³-hybridized carbons (Fsp3) is 0.423. The van der Waals surface area contributed by atoms with Crippen LogP contribution in [0.5, 0.6) is 5.75 Å². The molecule has 0 aromatic heterocycles. The van der Waals surface area contributed by atoms with Crippen molar-refractivity contribution in [3.05, 3.63) is 65.7 Å². The van der Waals surface area contributed by atoms with Crippen molar-refractivity contribution < 1.29 is 42.1 Å². The first-order valence-electron chi connectivity index (χ1n) is 11.6. The van der Waals surface area contributed by atoms with Crippen LogP contribution in [0, 0.1) is 11.8 Å². The number of amides is 2.